The second-order valence-electron chi connectivity index (χ2n) is 3.73. The van der Waals surface area contributed by atoms with Crippen LogP contribution >= 0.6 is 34.4 Å². The van der Waals surface area contributed by atoms with Gasteiger partial charge in [-0.3, -0.25) is 0 Å². The van der Waals surface area contributed by atoms with Gasteiger partial charge in [0.1, 0.15) is 0 Å². The minimum absolute atomic E-state index is 1.04. The Bertz CT molecular complexity index is 400. The molecule has 2 heteroatoms. The van der Waals surface area contributed by atoms with E-state index in [0.717, 1.165) is 5.75 Å². The van der Waals surface area contributed by atoms with E-state index in [1.807, 2.05) is 11.8 Å². The van der Waals surface area contributed by atoms with Crippen LogP contribution in [-0.2, 0) is 5.75 Å². The Morgan fingerprint density at radius 1 is 0.938 bits per heavy atom. The van der Waals surface area contributed by atoms with E-state index in [-0.39, 0.29) is 0 Å². The first-order valence-electron chi connectivity index (χ1n) is 5.18. The fraction of sp³-hybridized carbons (Fsp3) is 0.143. The van der Waals surface area contributed by atoms with E-state index in [1.165, 1.54) is 19.6 Å². The van der Waals surface area contributed by atoms with Gasteiger partial charge in [0.15, 0.2) is 0 Å². The molecule has 0 saturated heterocycles. The molecule has 0 spiro atoms. The van der Waals surface area contributed by atoms with Crippen molar-refractivity contribution in [2.75, 3.05) is 0 Å². The number of benzene rings is 2. The summed E-state index contributed by atoms with van der Waals surface area (Å²) in [4.78, 5) is 1.34. The van der Waals surface area contributed by atoms with Crippen LogP contribution in [0.2, 0.25) is 0 Å². The van der Waals surface area contributed by atoms with Crippen molar-refractivity contribution in [3.05, 3.63) is 63.2 Å². The largest absolute Gasteiger partial charge is 0.121 e. The summed E-state index contributed by atoms with van der Waals surface area (Å²) in [6.45, 7) is 2.12. The molecule has 2 rings (SSSR count). The topological polar surface area (TPSA) is 0 Å². The van der Waals surface area contributed by atoms with Crippen molar-refractivity contribution >= 4 is 34.4 Å². The van der Waals surface area contributed by atoms with Crippen LogP contribution in [0.25, 0.3) is 0 Å². The van der Waals surface area contributed by atoms with Crippen LogP contribution in [0.4, 0.5) is 0 Å². The molecule has 0 unspecified atom stereocenters. The van der Waals surface area contributed by atoms with Crippen LogP contribution in [0, 0.1) is 10.5 Å². The predicted molar refractivity (Wildman–Crippen MR) is 79.9 cm³/mol. The second kappa shape index (κ2) is 5.73. The molecular formula is C14H13IS. The Kier molecular flexibility index (Phi) is 4.29. The van der Waals surface area contributed by atoms with Gasteiger partial charge in [0, 0.05) is 14.2 Å². The number of aryl methyl sites for hydroxylation is 1. The Hall–Kier alpha value is -0.480. The molecule has 0 atom stereocenters. The highest BCUT2D eigenvalue weighted by Gasteiger charge is 1.96. The van der Waals surface area contributed by atoms with Gasteiger partial charge in [-0.05, 0) is 59.3 Å². The van der Waals surface area contributed by atoms with Gasteiger partial charge in [0.2, 0.25) is 0 Å². The number of thioether (sulfide) groups is 1. The van der Waals surface area contributed by atoms with Crippen molar-refractivity contribution in [2.24, 2.45) is 0 Å². The van der Waals surface area contributed by atoms with E-state index < -0.39 is 0 Å². The molecule has 0 radical (unpaired) electrons. The van der Waals surface area contributed by atoms with Gasteiger partial charge in [-0.1, -0.05) is 29.8 Å². The number of halogens is 1. The summed E-state index contributed by atoms with van der Waals surface area (Å²) < 4.78 is 1.29. The van der Waals surface area contributed by atoms with Gasteiger partial charge in [-0.25, -0.2) is 0 Å². The Morgan fingerprint density at radius 3 is 2.19 bits per heavy atom. The van der Waals surface area contributed by atoms with E-state index in [0.29, 0.717) is 0 Å². The second-order valence-corrected chi connectivity index (χ2v) is 6.02. The molecule has 0 aliphatic heterocycles. The third-order valence-corrected chi connectivity index (χ3v) is 4.14. The average Bonchev–Trinajstić information content (AvgIpc) is 2.30. The first-order valence-corrected chi connectivity index (χ1v) is 7.24. The number of hydrogen-bond donors (Lipinski definition) is 0. The first kappa shape index (κ1) is 12.0. The summed E-state index contributed by atoms with van der Waals surface area (Å²) in [5, 5.41) is 0. The van der Waals surface area contributed by atoms with Crippen molar-refractivity contribution in [3.8, 4) is 0 Å². The summed E-state index contributed by atoms with van der Waals surface area (Å²) in [5.74, 6) is 1.04. The molecule has 82 valence electrons. The number of rotatable bonds is 3. The van der Waals surface area contributed by atoms with Crippen LogP contribution in [0.3, 0.4) is 0 Å². The molecule has 2 aromatic carbocycles. The molecule has 0 N–H and O–H groups in total. The molecule has 0 aliphatic rings. The highest BCUT2D eigenvalue weighted by Crippen LogP contribution is 2.23. The standard InChI is InChI=1S/C14H13IS/c1-11-2-8-14(9-3-11)16-10-12-4-6-13(15)7-5-12/h2-9H,10H2,1H3. The van der Waals surface area contributed by atoms with E-state index in [9.17, 15) is 0 Å². The van der Waals surface area contributed by atoms with Gasteiger partial charge < -0.3 is 0 Å². The lowest BCUT2D eigenvalue weighted by atomic mass is 10.2. The minimum Gasteiger partial charge on any atom is -0.121 e. The van der Waals surface area contributed by atoms with Gasteiger partial charge in [-0.2, -0.15) is 0 Å². The normalized spacial score (nSPS) is 10.4. The van der Waals surface area contributed by atoms with Crippen molar-refractivity contribution in [1.29, 1.82) is 0 Å². The van der Waals surface area contributed by atoms with Crippen molar-refractivity contribution in [2.45, 2.75) is 17.6 Å². The molecule has 0 nitrogen and oxygen atoms in total. The van der Waals surface area contributed by atoms with Crippen molar-refractivity contribution in [3.63, 3.8) is 0 Å². The van der Waals surface area contributed by atoms with Crippen molar-refractivity contribution in [1.82, 2.24) is 0 Å². The highest BCUT2D eigenvalue weighted by atomic mass is 127. The highest BCUT2D eigenvalue weighted by molar-refractivity contribution is 14.1. The summed E-state index contributed by atoms with van der Waals surface area (Å²) in [6.07, 6.45) is 0. The molecule has 2 aromatic rings. The molecule has 0 fully saturated rings. The molecule has 0 heterocycles. The maximum absolute atomic E-state index is 2.33. The molecule has 0 aromatic heterocycles. The lowest BCUT2D eigenvalue weighted by Gasteiger charge is -2.02. The Labute approximate surface area is 115 Å². The van der Waals surface area contributed by atoms with E-state index in [2.05, 4.69) is 78.0 Å². The summed E-state index contributed by atoms with van der Waals surface area (Å²) in [6, 6.07) is 17.4. The molecule has 0 amide bonds. The van der Waals surface area contributed by atoms with Crippen molar-refractivity contribution < 1.29 is 0 Å². The van der Waals surface area contributed by atoms with Crippen LogP contribution < -0.4 is 0 Å². The smallest absolute Gasteiger partial charge is 0.0232 e. The summed E-state index contributed by atoms with van der Waals surface area (Å²) in [5.41, 5.74) is 2.70. The third-order valence-electron chi connectivity index (χ3n) is 2.34. The zero-order valence-electron chi connectivity index (χ0n) is 9.11. The van der Waals surface area contributed by atoms with Crippen LogP contribution in [0.15, 0.2) is 53.4 Å². The fourth-order valence-electron chi connectivity index (χ4n) is 1.38. The predicted octanol–water partition coefficient (Wildman–Crippen LogP) is 4.89. The van der Waals surface area contributed by atoms with Gasteiger partial charge in [0.05, 0.1) is 0 Å². The molecule has 0 saturated carbocycles. The Balaban J connectivity index is 1.97. The van der Waals surface area contributed by atoms with Gasteiger partial charge in [-0.15, -0.1) is 11.8 Å². The van der Waals surface area contributed by atoms with E-state index in [1.54, 1.807) is 0 Å². The summed E-state index contributed by atoms with van der Waals surface area (Å²) in [7, 11) is 0. The molecule has 0 aliphatic carbocycles. The molecule has 0 bridgehead atoms. The van der Waals surface area contributed by atoms with E-state index >= 15 is 0 Å². The zero-order chi connectivity index (χ0) is 11.4. The van der Waals surface area contributed by atoms with Crippen LogP contribution in [0.1, 0.15) is 11.1 Å². The lowest BCUT2D eigenvalue weighted by molar-refractivity contribution is 1.35. The monoisotopic (exact) mass is 340 g/mol. The lowest BCUT2D eigenvalue weighted by Crippen LogP contribution is -1.81. The zero-order valence-corrected chi connectivity index (χ0v) is 12.1. The maximum Gasteiger partial charge on any atom is 0.0232 e. The molecular weight excluding hydrogens is 327 g/mol. The maximum atomic E-state index is 2.33. The van der Waals surface area contributed by atoms with Crippen LogP contribution in [0.5, 0.6) is 0 Å². The number of hydrogen-bond acceptors (Lipinski definition) is 1. The SMILES string of the molecule is Cc1ccc(SCc2ccc(I)cc2)cc1. The Morgan fingerprint density at radius 2 is 1.56 bits per heavy atom. The summed E-state index contributed by atoms with van der Waals surface area (Å²) >= 11 is 4.22. The third kappa shape index (κ3) is 3.52. The minimum atomic E-state index is 1.04. The quantitative estimate of drug-likeness (QED) is 0.566. The first-order chi connectivity index (χ1) is 7.74. The van der Waals surface area contributed by atoms with Gasteiger partial charge >= 0.3 is 0 Å². The van der Waals surface area contributed by atoms with Crippen LogP contribution in [-0.4, -0.2) is 0 Å². The van der Waals surface area contributed by atoms with Gasteiger partial charge in [0.25, 0.3) is 0 Å². The molecule has 16 heavy (non-hydrogen) atoms. The van der Waals surface area contributed by atoms with E-state index in [4.69, 9.17) is 0 Å². The average molecular weight is 340 g/mol. The fourth-order valence-corrected chi connectivity index (χ4v) is 2.60.